The van der Waals surface area contributed by atoms with E-state index in [9.17, 15) is 9.59 Å². The number of carbonyl (C=O) groups is 2. The molecule has 0 bridgehead atoms. The topological polar surface area (TPSA) is 83.1 Å². The van der Waals surface area contributed by atoms with Crippen LogP contribution in [0.15, 0.2) is 72.8 Å². The minimum Gasteiger partial charge on any atom is -0.494 e. The minimum absolute atomic E-state index is 0. The van der Waals surface area contributed by atoms with Gasteiger partial charge in [-0.05, 0) is 92.7 Å². The van der Waals surface area contributed by atoms with E-state index >= 15 is 0 Å². The van der Waals surface area contributed by atoms with Gasteiger partial charge in [-0.15, -0.1) is 0 Å². The number of hydrogen-bond acceptors (Lipinski definition) is 7. The van der Waals surface area contributed by atoms with Gasteiger partial charge in [0.2, 0.25) is 0 Å². The summed E-state index contributed by atoms with van der Waals surface area (Å²) in [5, 5.41) is 2.50. The molecule has 0 radical (unpaired) electrons. The van der Waals surface area contributed by atoms with E-state index in [-0.39, 0.29) is 47.8 Å². The Kier molecular flexibility index (Phi) is 27.0. The first-order valence-corrected chi connectivity index (χ1v) is 16.4. The van der Waals surface area contributed by atoms with Crippen LogP contribution in [0.1, 0.15) is 112 Å². The number of nitrogens with one attached hydrogen (secondary N) is 1. The van der Waals surface area contributed by atoms with Crippen molar-refractivity contribution in [3.8, 4) is 23.0 Å². The first-order chi connectivity index (χ1) is 22.0. The number of unbranched alkanes of at least 4 members (excludes halogenated alkanes) is 10. The van der Waals surface area contributed by atoms with E-state index in [4.69, 9.17) is 18.9 Å². The second-order valence-corrected chi connectivity index (χ2v) is 10.9. The molecule has 0 unspecified atom stereocenters. The van der Waals surface area contributed by atoms with Crippen LogP contribution >= 0.6 is 0 Å². The molecule has 0 saturated heterocycles. The van der Waals surface area contributed by atoms with Crippen LogP contribution < -0.4 is 24.3 Å². The minimum atomic E-state index is -0.471. The molecule has 260 valence electrons. The average molecular weight is 784 g/mol. The summed E-state index contributed by atoms with van der Waals surface area (Å²) in [6, 6.07) is 20.3. The van der Waals surface area contributed by atoms with Crippen molar-refractivity contribution in [3.63, 3.8) is 0 Å². The van der Waals surface area contributed by atoms with Crippen molar-refractivity contribution in [1.29, 1.82) is 0 Å². The summed E-state index contributed by atoms with van der Waals surface area (Å²) >= 11 is 0. The Labute approximate surface area is 316 Å². The molecular weight excluding hydrogens is 729 g/mol. The molecule has 0 saturated carbocycles. The molecule has 0 atom stereocenters. The number of ether oxygens (including phenoxy) is 4. The molecule has 8 heteroatoms. The molecule has 47 heavy (non-hydrogen) atoms. The van der Waals surface area contributed by atoms with Gasteiger partial charge in [0.25, 0.3) is 0 Å². The Balaban J connectivity index is 0.00000407. The van der Waals surface area contributed by atoms with E-state index in [1.54, 1.807) is 79.8 Å². The largest absolute Gasteiger partial charge is 0.494 e. The molecule has 0 aliphatic rings. The van der Waals surface area contributed by atoms with Gasteiger partial charge in [0.15, 0.2) is 0 Å². The van der Waals surface area contributed by atoms with Crippen LogP contribution in [0, 0.1) is 54.9 Å². The van der Waals surface area contributed by atoms with Crippen LogP contribution in [0.5, 0.6) is 23.0 Å². The fraction of sp³-hybridized carbons (Fsp3) is 0.436. The third-order valence-corrected chi connectivity index (χ3v) is 6.96. The van der Waals surface area contributed by atoms with Crippen molar-refractivity contribution in [1.82, 2.24) is 5.32 Å². The third kappa shape index (κ3) is 19.8. The van der Waals surface area contributed by atoms with Gasteiger partial charge in [-0.3, -0.25) is 7.05 Å². The Morgan fingerprint density at radius 1 is 0.532 bits per heavy atom. The summed E-state index contributed by atoms with van der Waals surface area (Å²) in [7, 11) is 5.00. The molecule has 3 aromatic carbocycles. The van der Waals surface area contributed by atoms with Gasteiger partial charge in [0.05, 0.1) is 24.3 Å². The second kappa shape index (κ2) is 28.5. The SMILES string of the molecule is CCCCCCCCOc1ccc(C(=O)Oc2ccc(OC(=O)c3ccc(OCCCCCCCC)cc3)cc2)cc1.[CH2-]NC.[CH3-].[Sm]. The van der Waals surface area contributed by atoms with Crippen molar-refractivity contribution < 1.29 is 68.9 Å². The molecule has 3 aromatic rings. The van der Waals surface area contributed by atoms with E-state index < -0.39 is 11.9 Å². The number of rotatable bonds is 20. The molecule has 0 amide bonds. The van der Waals surface area contributed by atoms with Gasteiger partial charge in [-0.2, -0.15) is 0 Å². The predicted molar refractivity (Wildman–Crippen MR) is 188 cm³/mol. The van der Waals surface area contributed by atoms with E-state index in [1.165, 1.54) is 64.2 Å². The molecule has 1 N–H and O–H groups in total. The summed E-state index contributed by atoms with van der Waals surface area (Å²) in [4.78, 5) is 25.1. The Bertz CT molecular complexity index is 1110. The normalized spacial score (nSPS) is 9.96. The fourth-order valence-corrected chi connectivity index (χ4v) is 4.43. The van der Waals surface area contributed by atoms with E-state index in [1.807, 2.05) is 0 Å². The summed E-state index contributed by atoms with van der Waals surface area (Å²) < 4.78 is 22.5. The van der Waals surface area contributed by atoms with Gasteiger partial charge >= 0.3 is 11.9 Å². The van der Waals surface area contributed by atoms with Gasteiger partial charge in [0.1, 0.15) is 23.0 Å². The van der Waals surface area contributed by atoms with Crippen LogP contribution in [0.4, 0.5) is 0 Å². The van der Waals surface area contributed by atoms with Crippen molar-refractivity contribution in [2.24, 2.45) is 0 Å². The summed E-state index contributed by atoms with van der Waals surface area (Å²) in [5.41, 5.74) is 0.855. The number of carbonyl (C=O) groups excluding carboxylic acids is 2. The molecule has 0 aliphatic carbocycles. The molecule has 3 rings (SSSR count). The predicted octanol–water partition coefficient (Wildman–Crippen LogP) is 10.1. The van der Waals surface area contributed by atoms with Crippen LogP contribution in [0.2, 0.25) is 0 Å². The maximum atomic E-state index is 12.6. The first kappa shape index (κ1) is 44.5. The average Bonchev–Trinajstić information content (AvgIpc) is 3.05. The molecular formula is C39H55NO6Sm-2. The van der Waals surface area contributed by atoms with E-state index in [0.29, 0.717) is 35.8 Å². The second-order valence-electron chi connectivity index (χ2n) is 10.9. The van der Waals surface area contributed by atoms with Crippen molar-refractivity contribution in [2.45, 2.75) is 90.9 Å². The van der Waals surface area contributed by atoms with Crippen LogP contribution in [-0.4, -0.2) is 32.2 Å². The number of hydrogen-bond donors (Lipinski definition) is 1. The van der Waals surface area contributed by atoms with E-state index in [0.717, 1.165) is 24.3 Å². The Morgan fingerprint density at radius 2 is 0.809 bits per heavy atom. The van der Waals surface area contributed by atoms with Gasteiger partial charge in [0, 0.05) is 40.4 Å². The fourth-order valence-electron chi connectivity index (χ4n) is 4.43. The zero-order valence-electron chi connectivity index (χ0n) is 28.9. The Hall–Kier alpha value is -2.50. The third-order valence-electron chi connectivity index (χ3n) is 6.96. The van der Waals surface area contributed by atoms with Crippen LogP contribution in [0.3, 0.4) is 0 Å². The monoisotopic (exact) mass is 785 g/mol. The standard InChI is InChI=1S/C36H46O6.C2H6N.CH3.Sm/c1-3-5-7-9-11-13-27-39-31-19-15-29(16-20-31)35(37)41-33-23-25-34(26-24-33)42-36(38)30-17-21-32(22-18-30)40-28-14-12-10-8-6-4-2;1-3-2;;/h15-26H,3-14,27-28H2,1-2H3;3H,1H2,2H3;1H3;/q;2*-1;. The maximum absolute atomic E-state index is 12.6. The molecule has 0 heterocycles. The Morgan fingerprint density at radius 3 is 1.13 bits per heavy atom. The molecule has 0 spiro atoms. The zero-order valence-corrected chi connectivity index (χ0v) is 31.5. The van der Waals surface area contributed by atoms with Crippen LogP contribution in [0.25, 0.3) is 0 Å². The number of benzene rings is 3. The van der Waals surface area contributed by atoms with Crippen molar-refractivity contribution >= 4 is 11.9 Å². The van der Waals surface area contributed by atoms with Gasteiger partial charge in [-0.1, -0.05) is 78.1 Å². The number of esters is 2. The zero-order chi connectivity index (χ0) is 32.5. The summed E-state index contributed by atoms with van der Waals surface area (Å²) in [6.07, 6.45) is 14.5. The molecule has 7 nitrogen and oxygen atoms in total. The smallest absolute Gasteiger partial charge is 0.343 e. The maximum Gasteiger partial charge on any atom is 0.343 e. The quantitative estimate of drug-likeness (QED) is 0.0529. The van der Waals surface area contributed by atoms with E-state index in [2.05, 4.69) is 26.2 Å². The van der Waals surface area contributed by atoms with Gasteiger partial charge < -0.3 is 31.7 Å². The first-order valence-electron chi connectivity index (χ1n) is 16.4. The summed E-state index contributed by atoms with van der Waals surface area (Å²) in [5.74, 6) is 1.25. The van der Waals surface area contributed by atoms with Gasteiger partial charge in [-0.25, -0.2) is 9.59 Å². The molecule has 0 aromatic heterocycles. The van der Waals surface area contributed by atoms with Crippen LogP contribution in [-0.2, 0) is 0 Å². The van der Waals surface area contributed by atoms with Crippen molar-refractivity contribution in [2.75, 3.05) is 20.3 Å². The summed E-state index contributed by atoms with van der Waals surface area (Å²) in [6.45, 7) is 5.78. The van der Waals surface area contributed by atoms with Crippen molar-refractivity contribution in [3.05, 3.63) is 98.4 Å². The molecule has 0 aliphatic heterocycles. The molecule has 0 fully saturated rings.